The Morgan fingerprint density at radius 3 is 1.64 bits per heavy atom. The van der Waals surface area contributed by atoms with Crippen LogP contribution in [0.15, 0.2) is 60.7 Å². The van der Waals surface area contributed by atoms with Crippen molar-refractivity contribution in [1.29, 1.82) is 0 Å². The molecular formula is C18H16O4. The number of rotatable bonds is 8. The molecule has 2 aromatic carbocycles. The molecule has 0 aliphatic carbocycles. The summed E-state index contributed by atoms with van der Waals surface area (Å²) in [4.78, 5) is 21.8. The summed E-state index contributed by atoms with van der Waals surface area (Å²) in [5.74, 6) is 1.01. The first-order valence-corrected chi connectivity index (χ1v) is 6.75. The number of ether oxygens (including phenoxy) is 2. The van der Waals surface area contributed by atoms with E-state index in [0.29, 0.717) is 28.2 Å². The van der Waals surface area contributed by atoms with Crippen LogP contribution in [0, 0.1) is 0 Å². The van der Waals surface area contributed by atoms with Crippen molar-refractivity contribution >= 4 is 12.6 Å². The Morgan fingerprint density at radius 2 is 1.23 bits per heavy atom. The zero-order valence-corrected chi connectivity index (χ0v) is 12.0. The summed E-state index contributed by atoms with van der Waals surface area (Å²) in [6.07, 6.45) is 1.49. The minimum Gasteiger partial charge on any atom is -0.488 e. The first kappa shape index (κ1) is 15.5. The maximum absolute atomic E-state index is 10.9. The van der Waals surface area contributed by atoms with Gasteiger partial charge in [0.05, 0.1) is 11.1 Å². The second-order valence-corrected chi connectivity index (χ2v) is 4.64. The number of hydrogen-bond acceptors (Lipinski definition) is 4. The molecule has 0 spiro atoms. The van der Waals surface area contributed by atoms with E-state index in [4.69, 9.17) is 9.47 Å². The molecule has 22 heavy (non-hydrogen) atoms. The van der Waals surface area contributed by atoms with E-state index in [2.05, 4.69) is 6.58 Å². The summed E-state index contributed by atoms with van der Waals surface area (Å²) < 4.78 is 11.1. The van der Waals surface area contributed by atoms with E-state index in [1.54, 1.807) is 48.5 Å². The predicted molar refractivity (Wildman–Crippen MR) is 83.8 cm³/mol. The normalized spacial score (nSPS) is 9.82. The lowest BCUT2D eigenvalue weighted by atomic mass is 10.2. The highest BCUT2D eigenvalue weighted by atomic mass is 16.5. The standard InChI is InChI=1S/C18H16O4/c1-14(12-21-17-8-4-2-6-15(17)10-19)13-22-18-9-5-3-7-16(18)11-20/h2-11H,1,12-13H2. The van der Waals surface area contributed by atoms with Crippen LogP contribution in [0.5, 0.6) is 11.5 Å². The lowest BCUT2D eigenvalue weighted by molar-refractivity contribution is 0.111. The second-order valence-electron chi connectivity index (χ2n) is 4.64. The molecule has 0 heterocycles. The van der Waals surface area contributed by atoms with Gasteiger partial charge in [0, 0.05) is 0 Å². The Balaban J connectivity index is 1.88. The van der Waals surface area contributed by atoms with Crippen LogP contribution in [0.25, 0.3) is 0 Å². The van der Waals surface area contributed by atoms with E-state index >= 15 is 0 Å². The number of hydrogen-bond donors (Lipinski definition) is 0. The van der Waals surface area contributed by atoms with Crippen molar-refractivity contribution in [3.8, 4) is 11.5 Å². The molecule has 0 aliphatic heterocycles. The van der Waals surface area contributed by atoms with Gasteiger partial charge in [-0.1, -0.05) is 30.8 Å². The van der Waals surface area contributed by atoms with Crippen molar-refractivity contribution in [3.63, 3.8) is 0 Å². The molecular weight excluding hydrogens is 280 g/mol. The number of para-hydroxylation sites is 2. The number of carbonyl (C=O) groups excluding carboxylic acids is 2. The molecule has 0 saturated carbocycles. The van der Waals surface area contributed by atoms with Gasteiger partial charge in [-0.2, -0.15) is 0 Å². The fourth-order valence-electron chi connectivity index (χ4n) is 1.82. The highest BCUT2D eigenvalue weighted by molar-refractivity contribution is 5.79. The summed E-state index contributed by atoms with van der Waals surface area (Å²) in [5.41, 5.74) is 1.67. The SMILES string of the molecule is C=C(COc1ccccc1C=O)COc1ccccc1C=O. The zero-order valence-electron chi connectivity index (χ0n) is 12.0. The van der Waals surface area contributed by atoms with Crippen molar-refractivity contribution in [2.45, 2.75) is 0 Å². The minimum absolute atomic E-state index is 0.230. The topological polar surface area (TPSA) is 52.6 Å². The van der Waals surface area contributed by atoms with Gasteiger partial charge in [-0.05, 0) is 29.8 Å². The molecule has 0 atom stereocenters. The van der Waals surface area contributed by atoms with Gasteiger partial charge in [0.15, 0.2) is 12.6 Å². The van der Waals surface area contributed by atoms with Crippen LogP contribution >= 0.6 is 0 Å². The number of aldehydes is 2. The van der Waals surface area contributed by atoms with E-state index in [1.807, 2.05) is 0 Å². The zero-order chi connectivity index (χ0) is 15.8. The van der Waals surface area contributed by atoms with Crippen molar-refractivity contribution < 1.29 is 19.1 Å². The molecule has 0 radical (unpaired) electrons. The van der Waals surface area contributed by atoms with Crippen LogP contribution in [0.1, 0.15) is 20.7 Å². The predicted octanol–water partition coefficient (Wildman–Crippen LogP) is 3.33. The second kappa shape index (κ2) is 7.78. The lowest BCUT2D eigenvalue weighted by Crippen LogP contribution is -2.10. The van der Waals surface area contributed by atoms with E-state index in [9.17, 15) is 9.59 Å². The smallest absolute Gasteiger partial charge is 0.153 e. The number of carbonyl (C=O) groups is 2. The summed E-state index contributed by atoms with van der Waals surface area (Å²) in [6, 6.07) is 13.9. The van der Waals surface area contributed by atoms with Crippen molar-refractivity contribution in [3.05, 3.63) is 71.8 Å². The van der Waals surface area contributed by atoms with E-state index in [1.165, 1.54) is 0 Å². The summed E-state index contributed by atoms with van der Waals surface area (Å²) >= 11 is 0. The highest BCUT2D eigenvalue weighted by Crippen LogP contribution is 2.18. The Kier molecular flexibility index (Phi) is 5.49. The average Bonchev–Trinajstić information content (AvgIpc) is 2.58. The number of benzene rings is 2. The third kappa shape index (κ3) is 4.06. The van der Waals surface area contributed by atoms with Crippen molar-refractivity contribution in [2.24, 2.45) is 0 Å². The molecule has 2 rings (SSSR count). The maximum atomic E-state index is 10.9. The molecule has 0 aliphatic rings. The Morgan fingerprint density at radius 1 is 0.818 bits per heavy atom. The van der Waals surface area contributed by atoms with Crippen LogP contribution in [0.2, 0.25) is 0 Å². The van der Waals surface area contributed by atoms with E-state index in [0.717, 1.165) is 12.6 Å². The molecule has 0 fully saturated rings. The third-order valence-electron chi connectivity index (χ3n) is 2.96. The van der Waals surface area contributed by atoms with Gasteiger partial charge in [-0.15, -0.1) is 0 Å². The van der Waals surface area contributed by atoms with Crippen LogP contribution in [-0.4, -0.2) is 25.8 Å². The van der Waals surface area contributed by atoms with Crippen LogP contribution in [0.4, 0.5) is 0 Å². The maximum Gasteiger partial charge on any atom is 0.153 e. The third-order valence-corrected chi connectivity index (χ3v) is 2.96. The Labute approximate surface area is 129 Å². The molecule has 4 heteroatoms. The molecule has 112 valence electrons. The quantitative estimate of drug-likeness (QED) is 0.554. The monoisotopic (exact) mass is 296 g/mol. The molecule has 0 N–H and O–H groups in total. The summed E-state index contributed by atoms with van der Waals surface area (Å²) in [5, 5.41) is 0. The van der Waals surface area contributed by atoms with Crippen molar-refractivity contribution in [1.82, 2.24) is 0 Å². The van der Waals surface area contributed by atoms with Gasteiger partial charge in [0.2, 0.25) is 0 Å². The van der Waals surface area contributed by atoms with Crippen LogP contribution in [0.3, 0.4) is 0 Å². The summed E-state index contributed by atoms with van der Waals surface area (Å²) in [6.45, 7) is 4.33. The fourth-order valence-corrected chi connectivity index (χ4v) is 1.82. The van der Waals surface area contributed by atoms with Gasteiger partial charge in [-0.25, -0.2) is 0 Å². The van der Waals surface area contributed by atoms with Crippen LogP contribution < -0.4 is 9.47 Å². The molecule has 2 aromatic rings. The lowest BCUT2D eigenvalue weighted by Gasteiger charge is -2.12. The van der Waals surface area contributed by atoms with Gasteiger partial charge in [0.25, 0.3) is 0 Å². The molecule has 0 bridgehead atoms. The molecule has 0 unspecified atom stereocenters. The van der Waals surface area contributed by atoms with Crippen LogP contribution in [-0.2, 0) is 0 Å². The minimum atomic E-state index is 0.230. The average molecular weight is 296 g/mol. The van der Waals surface area contributed by atoms with E-state index in [-0.39, 0.29) is 13.2 Å². The van der Waals surface area contributed by atoms with Gasteiger partial charge in [-0.3, -0.25) is 9.59 Å². The van der Waals surface area contributed by atoms with Crippen molar-refractivity contribution in [2.75, 3.05) is 13.2 Å². The highest BCUT2D eigenvalue weighted by Gasteiger charge is 2.05. The van der Waals surface area contributed by atoms with Gasteiger partial charge in [0.1, 0.15) is 24.7 Å². The Bertz CT molecular complexity index is 619. The fraction of sp³-hybridized carbons (Fsp3) is 0.111. The first-order valence-electron chi connectivity index (χ1n) is 6.75. The Hall–Kier alpha value is -2.88. The first-order chi connectivity index (χ1) is 10.7. The van der Waals surface area contributed by atoms with E-state index < -0.39 is 0 Å². The van der Waals surface area contributed by atoms with Gasteiger partial charge >= 0.3 is 0 Å². The summed E-state index contributed by atoms with van der Waals surface area (Å²) in [7, 11) is 0. The van der Waals surface area contributed by atoms with Gasteiger partial charge < -0.3 is 9.47 Å². The molecule has 0 aromatic heterocycles. The molecule has 0 amide bonds. The largest absolute Gasteiger partial charge is 0.488 e. The molecule has 0 saturated heterocycles. The molecule has 4 nitrogen and oxygen atoms in total.